The summed E-state index contributed by atoms with van der Waals surface area (Å²) in [4.78, 5) is 36.9. The minimum absolute atomic E-state index is 0.191. The number of hydrogen-bond donors (Lipinski definition) is 3. The van der Waals surface area contributed by atoms with Crippen molar-refractivity contribution in [3.05, 3.63) is 59.6 Å². The number of rotatable bonds is 4. The minimum Gasteiger partial charge on any atom is -0.346 e. The highest BCUT2D eigenvalue weighted by Gasteiger charge is 2.21. The van der Waals surface area contributed by atoms with E-state index in [9.17, 15) is 14.4 Å². The number of hydrogen-bond acceptors (Lipinski definition) is 5. The van der Waals surface area contributed by atoms with Crippen LogP contribution in [-0.4, -0.2) is 33.5 Å². The molecule has 1 aromatic carbocycles. The fourth-order valence-corrected chi connectivity index (χ4v) is 3.14. The molecule has 0 aliphatic rings. The molecule has 0 aliphatic heterocycles. The Bertz CT molecular complexity index is 980. The van der Waals surface area contributed by atoms with Gasteiger partial charge < -0.3 is 5.32 Å². The molecule has 3 aromatic rings. The average Bonchev–Trinajstić information content (AvgIpc) is 3.35. The first-order chi connectivity index (χ1) is 13.5. The molecule has 3 rings (SSSR count). The van der Waals surface area contributed by atoms with Crippen LogP contribution in [0.4, 0.5) is 0 Å². The van der Waals surface area contributed by atoms with Crippen molar-refractivity contribution in [3.63, 3.8) is 0 Å². The number of para-hydroxylation sites is 1. The molecule has 8 nitrogen and oxygen atoms in total. The van der Waals surface area contributed by atoms with Crippen LogP contribution in [-0.2, 0) is 9.59 Å². The highest BCUT2D eigenvalue weighted by atomic mass is 32.1. The maximum atomic E-state index is 12.6. The summed E-state index contributed by atoms with van der Waals surface area (Å²) >= 11 is 1.44. The van der Waals surface area contributed by atoms with Gasteiger partial charge in [-0.2, -0.15) is 5.10 Å². The lowest BCUT2D eigenvalue weighted by atomic mass is 10.2. The van der Waals surface area contributed by atoms with Gasteiger partial charge in [-0.1, -0.05) is 24.3 Å². The maximum absolute atomic E-state index is 12.6. The maximum Gasteiger partial charge on any atom is 0.327 e. The fourth-order valence-electron chi connectivity index (χ4n) is 2.41. The van der Waals surface area contributed by atoms with Crippen LogP contribution in [0.1, 0.15) is 24.2 Å². The standard InChI is InChI=1S/C19H19N5O3S/c1-12(2)20-18(26)19(27)22-21-17(25)14-11-24(13-7-4-3-5-8-13)23-16(14)15-9-6-10-28-15/h3-12H,1-2H3,(H,20,26)(H,21,25)(H,22,27). The molecule has 0 saturated carbocycles. The number of amides is 3. The van der Waals surface area contributed by atoms with Crippen LogP contribution >= 0.6 is 11.3 Å². The molecule has 3 amide bonds. The number of aromatic nitrogens is 2. The first kappa shape index (κ1) is 19.3. The Balaban J connectivity index is 1.82. The van der Waals surface area contributed by atoms with E-state index in [4.69, 9.17) is 0 Å². The van der Waals surface area contributed by atoms with Gasteiger partial charge in [-0.25, -0.2) is 4.68 Å². The summed E-state index contributed by atoms with van der Waals surface area (Å²) in [5.74, 6) is -2.35. The van der Waals surface area contributed by atoms with E-state index in [1.165, 1.54) is 11.3 Å². The lowest BCUT2D eigenvalue weighted by Gasteiger charge is -2.09. The molecule has 28 heavy (non-hydrogen) atoms. The van der Waals surface area contributed by atoms with Gasteiger partial charge in [0.1, 0.15) is 5.69 Å². The second-order valence-corrected chi connectivity index (χ2v) is 7.13. The number of thiophene rings is 1. The first-order valence-electron chi connectivity index (χ1n) is 8.56. The van der Waals surface area contributed by atoms with Crippen molar-refractivity contribution in [3.8, 4) is 16.3 Å². The van der Waals surface area contributed by atoms with Crippen molar-refractivity contribution in [1.82, 2.24) is 25.9 Å². The Morgan fingerprint density at radius 2 is 1.75 bits per heavy atom. The molecule has 2 heterocycles. The van der Waals surface area contributed by atoms with Gasteiger partial charge in [0.2, 0.25) is 0 Å². The van der Waals surface area contributed by atoms with Crippen LogP contribution < -0.4 is 16.2 Å². The van der Waals surface area contributed by atoms with Crippen molar-refractivity contribution in [2.24, 2.45) is 0 Å². The average molecular weight is 397 g/mol. The molecule has 0 atom stereocenters. The van der Waals surface area contributed by atoms with Crippen molar-refractivity contribution in [2.45, 2.75) is 19.9 Å². The van der Waals surface area contributed by atoms with E-state index in [1.54, 1.807) is 24.7 Å². The number of carbonyl (C=O) groups is 3. The number of benzene rings is 1. The second-order valence-electron chi connectivity index (χ2n) is 6.19. The molecular formula is C19H19N5O3S. The molecule has 0 aliphatic carbocycles. The van der Waals surface area contributed by atoms with Crippen molar-refractivity contribution in [2.75, 3.05) is 0 Å². The van der Waals surface area contributed by atoms with Crippen LogP contribution in [0.5, 0.6) is 0 Å². The highest BCUT2D eigenvalue weighted by Crippen LogP contribution is 2.27. The van der Waals surface area contributed by atoms with Crippen molar-refractivity contribution in [1.29, 1.82) is 0 Å². The third kappa shape index (κ3) is 4.44. The van der Waals surface area contributed by atoms with Crippen LogP contribution in [0.15, 0.2) is 54.0 Å². The van der Waals surface area contributed by atoms with Crippen LogP contribution in [0.3, 0.4) is 0 Å². The third-order valence-electron chi connectivity index (χ3n) is 3.65. The Hall–Kier alpha value is -3.46. The first-order valence-corrected chi connectivity index (χ1v) is 9.44. The van der Waals surface area contributed by atoms with E-state index >= 15 is 0 Å². The molecule has 0 saturated heterocycles. The van der Waals surface area contributed by atoms with Crippen molar-refractivity contribution < 1.29 is 14.4 Å². The fraction of sp³-hybridized carbons (Fsp3) is 0.158. The van der Waals surface area contributed by atoms with E-state index in [-0.39, 0.29) is 11.6 Å². The molecule has 0 radical (unpaired) electrons. The summed E-state index contributed by atoms with van der Waals surface area (Å²) in [6.45, 7) is 3.46. The number of nitrogens with zero attached hydrogens (tertiary/aromatic N) is 2. The monoisotopic (exact) mass is 397 g/mol. The van der Waals surface area contributed by atoms with Gasteiger partial charge in [0.05, 0.1) is 16.1 Å². The summed E-state index contributed by atoms with van der Waals surface area (Å²) < 4.78 is 1.59. The van der Waals surface area contributed by atoms with Crippen LogP contribution in [0.2, 0.25) is 0 Å². The normalized spacial score (nSPS) is 10.5. The van der Waals surface area contributed by atoms with Gasteiger partial charge >= 0.3 is 11.8 Å². The van der Waals surface area contributed by atoms with Gasteiger partial charge in [-0.05, 0) is 37.4 Å². The Kier molecular flexibility index (Phi) is 5.85. The summed E-state index contributed by atoms with van der Waals surface area (Å²) in [6.07, 6.45) is 1.58. The zero-order valence-electron chi connectivity index (χ0n) is 15.3. The van der Waals surface area contributed by atoms with E-state index in [0.717, 1.165) is 10.6 Å². The zero-order valence-corrected chi connectivity index (χ0v) is 16.1. The summed E-state index contributed by atoms with van der Waals surface area (Å²) in [5.41, 5.74) is 5.94. The second kappa shape index (κ2) is 8.49. The third-order valence-corrected chi connectivity index (χ3v) is 4.53. The lowest BCUT2D eigenvalue weighted by molar-refractivity contribution is -0.139. The molecule has 2 aromatic heterocycles. The lowest BCUT2D eigenvalue weighted by Crippen LogP contribution is -2.49. The van der Waals surface area contributed by atoms with Gasteiger partial charge in [-0.15, -0.1) is 11.3 Å². The Labute approximate surface area is 165 Å². The van der Waals surface area contributed by atoms with Crippen LogP contribution in [0, 0.1) is 0 Å². The molecule has 0 unspecified atom stereocenters. The summed E-state index contributed by atoms with van der Waals surface area (Å²) in [5, 5.41) is 8.85. The number of carbonyl (C=O) groups excluding carboxylic acids is 3. The minimum atomic E-state index is -0.949. The molecule has 144 valence electrons. The SMILES string of the molecule is CC(C)NC(=O)C(=O)NNC(=O)c1cn(-c2ccccc2)nc1-c1cccs1. The van der Waals surface area contributed by atoms with E-state index in [2.05, 4.69) is 21.3 Å². The predicted molar refractivity (Wildman–Crippen MR) is 106 cm³/mol. The molecular weight excluding hydrogens is 378 g/mol. The number of hydrazine groups is 1. The molecule has 0 bridgehead atoms. The molecule has 0 spiro atoms. The van der Waals surface area contributed by atoms with Gasteiger partial charge in [0.15, 0.2) is 0 Å². The van der Waals surface area contributed by atoms with Gasteiger partial charge in [-0.3, -0.25) is 25.2 Å². The molecule has 3 N–H and O–H groups in total. The largest absolute Gasteiger partial charge is 0.346 e. The van der Waals surface area contributed by atoms with Crippen molar-refractivity contribution >= 4 is 29.1 Å². The number of nitrogens with one attached hydrogen (secondary N) is 3. The molecule has 9 heteroatoms. The molecule has 0 fully saturated rings. The quantitative estimate of drug-likeness (QED) is 0.462. The zero-order chi connectivity index (χ0) is 20.1. The highest BCUT2D eigenvalue weighted by molar-refractivity contribution is 7.13. The Morgan fingerprint density at radius 1 is 1.00 bits per heavy atom. The van der Waals surface area contributed by atoms with E-state index in [1.807, 2.05) is 47.8 Å². The predicted octanol–water partition coefficient (Wildman–Crippen LogP) is 1.89. The van der Waals surface area contributed by atoms with E-state index < -0.39 is 17.7 Å². The topological polar surface area (TPSA) is 105 Å². The van der Waals surface area contributed by atoms with Crippen LogP contribution in [0.25, 0.3) is 16.3 Å². The van der Waals surface area contributed by atoms with E-state index in [0.29, 0.717) is 5.69 Å². The summed E-state index contributed by atoms with van der Waals surface area (Å²) in [7, 11) is 0. The summed E-state index contributed by atoms with van der Waals surface area (Å²) in [6, 6.07) is 12.9. The Morgan fingerprint density at radius 3 is 2.39 bits per heavy atom. The van der Waals surface area contributed by atoms with Gasteiger partial charge in [0.25, 0.3) is 5.91 Å². The smallest absolute Gasteiger partial charge is 0.327 e. The van der Waals surface area contributed by atoms with Gasteiger partial charge in [0, 0.05) is 12.2 Å².